The molecule has 3 aromatic rings. The molecule has 0 spiro atoms. The number of hydrogen-bond donors (Lipinski definition) is 1. The summed E-state index contributed by atoms with van der Waals surface area (Å²) < 4.78 is 44.7. The van der Waals surface area contributed by atoms with Gasteiger partial charge in [-0.2, -0.15) is 18.4 Å². The number of anilines is 2. The average Bonchev–Trinajstić information content (AvgIpc) is 2.89. The van der Waals surface area contributed by atoms with Crippen LogP contribution in [0.5, 0.6) is 0 Å². The smallest absolute Gasteiger partial charge is 0.378 e. The lowest BCUT2D eigenvalue weighted by Gasteiger charge is -2.32. The minimum atomic E-state index is -4.55. The number of hydrogen-bond acceptors (Lipinski definition) is 6. The van der Waals surface area contributed by atoms with Crippen LogP contribution in [0, 0.1) is 18.3 Å². The molecular weight excluding hydrogens is 483 g/mol. The van der Waals surface area contributed by atoms with Crippen molar-refractivity contribution in [3.05, 3.63) is 71.3 Å². The number of nitrogens with one attached hydrogen (secondary N) is 1. The summed E-state index contributed by atoms with van der Waals surface area (Å²) >= 11 is 0. The quantitative estimate of drug-likeness (QED) is 0.498. The number of carbonyl (C=O) groups excluding carboxylic acids is 1. The highest BCUT2D eigenvalue weighted by atomic mass is 19.4. The maximum Gasteiger partial charge on any atom is 0.416 e. The second kappa shape index (κ2) is 10.2. The van der Waals surface area contributed by atoms with Crippen LogP contribution in [0.3, 0.4) is 0 Å². The van der Waals surface area contributed by atoms with Gasteiger partial charge in [0, 0.05) is 41.7 Å². The Morgan fingerprint density at radius 2 is 1.84 bits per heavy atom. The highest BCUT2D eigenvalue weighted by Crippen LogP contribution is 2.35. The molecule has 4 rings (SSSR count). The van der Waals surface area contributed by atoms with Gasteiger partial charge in [0.2, 0.25) is 0 Å². The molecule has 3 heterocycles. The van der Waals surface area contributed by atoms with Crippen LogP contribution in [0.15, 0.2) is 48.8 Å². The predicted octanol–water partition coefficient (Wildman–Crippen LogP) is 5.36. The number of benzene rings is 1. The topological polar surface area (TPSA) is 91.1 Å². The van der Waals surface area contributed by atoms with Gasteiger partial charge >= 0.3 is 6.18 Å². The van der Waals surface area contributed by atoms with Gasteiger partial charge < -0.3 is 15.0 Å². The monoisotopic (exact) mass is 509 g/mol. The van der Waals surface area contributed by atoms with E-state index in [0.717, 1.165) is 23.4 Å². The summed E-state index contributed by atoms with van der Waals surface area (Å²) in [5.74, 6) is -0.680. The van der Waals surface area contributed by atoms with Crippen LogP contribution >= 0.6 is 0 Å². The number of morpholine rings is 1. The molecule has 0 atom stereocenters. The fourth-order valence-electron chi connectivity index (χ4n) is 4.11. The Labute approximate surface area is 212 Å². The summed E-state index contributed by atoms with van der Waals surface area (Å²) in [5, 5.41) is 12.4. The fraction of sp³-hybridized carbons (Fsp3) is 0.333. The van der Waals surface area contributed by atoms with Crippen LogP contribution in [0.25, 0.3) is 11.1 Å². The summed E-state index contributed by atoms with van der Waals surface area (Å²) in [6, 6.07) is 10.2. The minimum absolute atomic E-state index is 0.115. The third-order valence-electron chi connectivity index (χ3n) is 6.20. The summed E-state index contributed by atoms with van der Waals surface area (Å²) in [5.41, 5.74) is 2.09. The number of nitriles is 1. The molecule has 1 N–H and O–H groups in total. The van der Waals surface area contributed by atoms with Crippen molar-refractivity contribution < 1.29 is 22.7 Å². The Morgan fingerprint density at radius 3 is 2.51 bits per heavy atom. The number of pyridine rings is 2. The number of alkyl halides is 3. The number of rotatable bonds is 5. The average molecular weight is 510 g/mol. The van der Waals surface area contributed by atoms with E-state index in [2.05, 4.69) is 26.3 Å². The van der Waals surface area contributed by atoms with Crippen LogP contribution in [0.4, 0.5) is 24.5 Å². The number of amides is 1. The van der Waals surface area contributed by atoms with Crippen molar-refractivity contribution in [1.82, 2.24) is 9.97 Å². The number of halogens is 3. The Bertz CT molecular complexity index is 1360. The fourth-order valence-corrected chi connectivity index (χ4v) is 4.11. The van der Waals surface area contributed by atoms with E-state index < -0.39 is 23.1 Å². The zero-order chi connectivity index (χ0) is 26.8. The highest BCUT2D eigenvalue weighted by Gasteiger charge is 2.31. The molecule has 0 bridgehead atoms. The lowest BCUT2D eigenvalue weighted by atomic mass is 9.88. The molecule has 1 aliphatic rings. The van der Waals surface area contributed by atoms with E-state index >= 15 is 0 Å². The Kier molecular flexibility index (Phi) is 7.18. The molecule has 0 saturated carbocycles. The Balaban J connectivity index is 1.68. The lowest BCUT2D eigenvalue weighted by Crippen LogP contribution is -2.38. The Hall–Kier alpha value is -3.97. The van der Waals surface area contributed by atoms with Gasteiger partial charge in [-0.3, -0.25) is 14.8 Å². The Morgan fingerprint density at radius 1 is 1.11 bits per heavy atom. The van der Waals surface area contributed by atoms with Crippen molar-refractivity contribution in [2.24, 2.45) is 0 Å². The van der Waals surface area contributed by atoms with E-state index in [-0.39, 0.29) is 5.56 Å². The second-order valence-corrected chi connectivity index (χ2v) is 9.32. The van der Waals surface area contributed by atoms with Gasteiger partial charge in [0.1, 0.15) is 0 Å². The molecule has 1 aliphatic heterocycles. The van der Waals surface area contributed by atoms with Crippen molar-refractivity contribution in [1.29, 1.82) is 5.26 Å². The van der Waals surface area contributed by atoms with Crippen LogP contribution in [-0.4, -0.2) is 42.2 Å². The van der Waals surface area contributed by atoms with E-state index in [1.807, 2.05) is 26.8 Å². The van der Waals surface area contributed by atoms with Gasteiger partial charge in [-0.15, -0.1) is 0 Å². The molecule has 1 fully saturated rings. The molecule has 1 aromatic carbocycles. The molecule has 0 unspecified atom stereocenters. The van der Waals surface area contributed by atoms with E-state index in [0.29, 0.717) is 48.9 Å². The third-order valence-corrected chi connectivity index (χ3v) is 6.20. The van der Waals surface area contributed by atoms with Gasteiger partial charge in [-0.1, -0.05) is 6.07 Å². The number of nitrogens with zero attached hydrogens (tertiary/aromatic N) is 4. The molecular formula is C27H26F3N5O2. The summed E-state index contributed by atoms with van der Waals surface area (Å²) in [6.07, 6.45) is -1.43. The first-order chi connectivity index (χ1) is 17.5. The van der Waals surface area contributed by atoms with Crippen molar-refractivity contribution in [3.8, 4) is 17.2 Å². The predicted molar refractivity (Wildman–Crippen MR) is 133 cm³/mol. The second-order valence-electron chi connectivity index (χ2n) is 9.32. The summed E-state index contributed by atoms with van der Waals surface area (Å²) in [6.45, 7) is 7.89. The van der Waals surface area contributed by atoms with Crippen LogP contribution in [0.2, 0.25) is 0 Å². The molecule has 2 aromatic heterocycles. The number of ether oxygens (including phenoxy) is 1. The molecule has 7 nitrogen and oxygen atoms in total. The molecule has 0 aliphatic carbocycles. The standard InChI is InChI=1S/C27H26F3N5O2/c1-17-22(13-21(15-32-17)34-25(36)18-5-4-6-20(11-18)27(28,29)30)19-12-23(35-7-9-37-10-8-35)24(33-14-19)26(2,3)16-31/h4-6,11-15H,7-10H2,1-3H3,(H,34,36). The van der Waals surface area contributed by atoms with E-state index in [1.165, 1.54) is 18.3 Å². The molecule has 0 radical (unpaired) electrons. The number of carbonyl (C=O) groups is 1. The molecule has 1 saturated heterocycles. The third kappa shape index (κ3) is 5.73. The maximum atomic E-state index is 13.1. The van der Waals surface area contributed by atoms with E-state index in [9.17, 15) is 23.2 Å². The SMILES string of the molecule is Cc1ncc(NC(=O)c2cccc(C(F)(F)F)c2)cc1-c1cnc(C(C)(C)C#N)c(N2CCOCC2)c1. The number of aromatic nitrogens is 2. The molecule has 1 amide bonds. The normalized spacial score (nSPS) is 14.2. The van der Waals surface area contributed by atoms with Crippen LogP contribution < -0.4 is 10.2 Å². The lowest BCUT2D eigenvalue weighted by molar-refractivity contribution is -0.137. The van der Waals surface area contributed by atoms with Gasteiger partial charge in [-0.25, -0.2) is 0 Å². The zero-order valence-corrected chi connectivity index (χ0v) is 20.7. The van der Waals surface area contributed by atoms with Crippen molar-refractivity contribution in [3.63, 3.8) is 0 Å². The van der Waals surface area contributed by atoms with Crippen molar-refractivity contribution in [2.75, 3.05) is 36.5 Å². The molecule has 192 valence electrons. The van der Waals surface area contributed by atoms with E-state index in [4.69, 9.17) is 4.74 Å². The van der Waals surface area contributed by atoms with Crippen molar-refractivity contribution >= 4 is 17.3 Å². The van der Waals surface area contributed by atoms with Gasteiger partial charge in [0.15, 0.2) is 0 Å². The molecule has 37 heavy (non-hydrogen) atoms. The largest absolute Gasteiger partial charge is 0.416 e. The summed E-state index contributed by atoms with van der Waals surface area (Å²) in [4.78, 5) is 23.9. The first kappa shape index (κ1) is 26.1. The maximum absolute atomic E-state index is 13.1. The molecule has 10 heteroatoms. The van der Waals surface area contributed by atoms with Crippen molar-refractivity contribution in [2.45, 2.75) is 32.4 Å². The minimum Gasteiger partial charge on any atom is -0.378 e. The zero-order valence-electron chi connectivity index (χ0n) is 20.7. The first-order valence-corrected chi connectivity index (χ1v) is 11.7. The van der Waals surface area contributed by atoms with Crippen LogP contribution in [-0.2, 0) is 16.3 Å². The van der Waals surface area contributed by atoms with Gasteiger partial charge in [-0.05, 0) is 51.1 Å². The van der Waals surface area contributed by atoms with Gasteiger partial charge in [0.05, 0.1) is 53.5 Å². The van der Waals surface area contributed by atoms with E-state index in [1.54, 1.807) is 12.3 Å². The van der Waals surface area contributed by atoms with Gasteiger partial charge in [0.25, 0.3) is 5.91 Å². The van der Waals surface area contributed by atoms with Crippen LogP contribution in [0.1, 0.15) is 41.2 Å². The highest BCUT2D eigenvalue weighted by molar-refractivity contribution is 6.04. The first-order valence-electron chi connectivity index (χ1n) is 11.7. The summed E-state index contributed by atoms with van der Waals surface area (Å²) in [7, 11) is 0. The number of aryl methyl sites for hydroxylation is 1.